The van der Waals surface area contributed by atoms with Crippen LogP contribution in [0.3, 0.4) is 0 Å². The standard InChI is InChI=1S/C13H18Cl2N2OS/c1-3-17-13(2,12(16)18)6-7-19-11-8-9(14)4-5-10(11)15/h4-5,8,17H,3,6-7H2,1-2H3,(H2,16,18). The predicted octanol–water partition coefficient (Wildman–Crippen LogP) is 3.33. The molecule has 3 N–H and O–H groups in total. The zero-order chi connectivity index (χ0) is 14.5. The average molecular weight is 321 g/mol. The number of likely N-dealkylation sites (N-methyl/N-ethyl adjacent to an activating group) is 1. The van der Waals surface area contributed by atoms with Crippen molar-refractivity contribution < 1.29 is 4.79 Å². The number of benzene rings is 1. The number of thioether (sulfide) groups is 1. The molecule has 6 heteroatoms. The average Bonchev–Trinajstić information content (AvgIpc) is 2.33. The highest BCUT2D eigenvalue weighted by Gasteiger charge is 2.29. The number of amides is 1. The van der Waals surface area contributed by atoms with E-state index in [4.69, 9.17) is 28.9 Å². The molecule has 0 bridgehead atoms. The summed E-state index contributed by atoms with van der Waals surface area (Å²) in [5.41, 5.74) is 4.74. The van der Waals surface area contributed by atoms with Gasteiger partial charge in [0.1, 0.15) is 0 Å². The van der Waals surface area contributed by atoms with Crippen LogP contribution in [-0.4, -0.2) is 23.7 Å². The first-order chi connectivity index (χ1) is 8.89. The maximum absolute atomic E-state index is 11.5. The lowest BCUT2D eigenvalue weighted by Gasteiger charge is -2.26. The molecule has 1 aromatic carbocycles. The topological polar surface area (TPSA) is 55.1 Å². The van der Waals surface area contributed by atoms with E-state index < -0.39 is 5.54 Å². The molecule has 1 atom stereocenters. The summed E-state index contributed by atoms with van der Waals surface area (Å²) in [6.45, 7) is 4.46. The van der Waals surface area contributed by atoms with E-state index >= 15 is 0 Å². The minimum absolute atomic E-state index is 0.341. The van der Waals surface area contributed by atoms with E-state index in [0.717, 1.165) is 10.6 Å². The van der Waals surface area contributed by atoms with Gasteiger partial charge in [-0.3, -0.25) is 4.79 Å². The highest BCUT2D eigenvalue weighted by molar-refractivity contribution is 7.99. The van der Waals surface area contributed by atoms with E-state index in [1.807, 2.05) is 19.9 Å². The summed E-state index contributed by atoms with van der Waals surface area (Å²) in [5, 5.41) is 4.44. The number of carbonyl (C=O) groups excluding carboxylic acids is 1. The van der Waals surface area contributed by atoms with Crippen LogP contribution in [-0.2, 0) is 4.79 Å². The van der Waals surface area contributed by atoms with Crippen molar-refractivity contribution in [3.8, 4) is 0 Å². The normalized spacial score (nSPS) is 14.1. The van der Waals surface area contributed by atoms with Gasteiger partial charge in [-0.25, -0.2) is 0 Å². The molecule has 1 unspecified atom stereocenters. The Morgan fingerprint density at radius 2 is 2.16 bits per heavy atom. The number of primary amides is 1. The second kappa shape index (κ2) is 7.39. The fourth-order valence-electron chi connectivity index (χ4n) is 1.64. The summed E-state index contributed by atoms with van der Waals surface area (Å²) in [6.07, 6.45) is 0.629. The van der Waals surface area contributed by atoms with Crippen molar-refractivity contribution in [3.63, 3.8) is 0 Å². The summed E-state index contributed by atoms with van der Waals surface area (Å²) < 4.78 is 0. The molecule has 0 aromatic heterocycles. The number of hydrogen-bond acceptors (Lipinski definition) is 3. The molecule has 0 saturated heterocycles. The first-order valence-corrected chi connectivity index (χ1v) is 7.76. The zero-order valence-corrected chi connectivity index (χ0v) is 13.3. The van der Waals surface area contributed by atoms with Gasteiger partial charge in [-0.1, -0.05) is 30.1 Å². The predicted molar refractivity (Wildman–Crippen MR) is 83.1 cm³/mol. The van der Waals surface area contributed by atoms with Crippen LogP contribution in [0.25, 0.3) is 0 Å². The lowest BCUT2D eigenvalue weighted by Crippen LogP contribution is -2.53. The molecule has 1 amide bonds. The Labute approximate surface area is 128 Å². The van der Waals surface area contributed by atoms with Crippen molar-refractivity contribution in [1.29, 1.82) is 0 Å². The summed E-state index contributed by atoms with van der Waals surface area (Å²) >= 11 is 13.6. The number of nitrogens with two attached hydrogens (primary N) is 1. The van der Waals surface area contributed by atoms with Gasteiger partial charge in [0.05, 0.1) is 10.6 Å². The Morgan fingerprint density at radius 1 is 1.47 bits per heavy atom. The van der Waals surface area contributed by atoms with Crippen molar-refractivity contribution in [2.24, 2.45) is 5.73 Å². The minimum atomic E-state index is -0.688. The van der Waals surface area contributed by atoms with Crippen LogP contribution in [0.1, 0.15) is 20.3 Å². The summed E-state index contributed by atoms with van der Waals surface area (Å²) in [6, 6.07) is 5.34. The molecule has 0 heterocycles. The Balaban J connectivity index is 2.62. The first-order valence-electron chi connectivity index (χ1n) is 6.02. The molecule has 0 spiro atoms. The second-order valence-electron chi connectivity index (χ2n) is 4.40. The maximum Gasteiger partial charge on any atom is 0.237 e. The van der Waals surface area contributed by atoms with Gasteiger partial charge < -0.3 is 11.1 Å². The second-order valence-corrected chi connectivity index (χ2v) is 6.38. The Bertz CT molecular complexity index is 456. The zero-order valence-electron chi connectivity index (χ0n) is 11.0. The fraction of sp³-hybridized carbons (Fsp3) is 0.462. The molecule has 19 heavy (non-hydrogen) atoms. The van der Waals surface area contributed by atoms with Crippen LogP contribution < -0.4 is 11.1 Å². The van der Waals surface area contributed by atoms with E-state index in [2.05, 4.69) is 5.32 Å². The summed E-state index contributed by atoms with van der Waals surface area (Å²) in [5.74, 6) is 0.388. The van der Waals surface area contributed by atoms with E-state index in [1.165, 1.54) is 0 Å². The van der Waals surface area contributed by atoms with Gasteiger partial charge in [0.15, 0.2) is 0 Å². The molecular formula is C13H18Cl2N2OS. The third-order valence-corrected chi connectivity index (χ3v) is 4.60. The van der Waals surface area contributed by atoms with Crippen LogP contribution in [0.5, 0.6) is 0 Å². The van der Waals surface area contributed by atoms with Crippen molar-refractivity contribution in [2.45, 2.75) is 30.7 Å². The van der Waals surface area contributed by atoms with Crippen LogP contribution in [0, 0.1) is 0 Å². The molecule has 1 aromatic rings. The number of rotatable bonds is 7. The van der Waals surface area contributed by atoms with Gasteiger partial charge in [0, 0.05) is 15.7 Å². The van der Waals surface area contributed by atoms with Gasteiger partial charge in [-0.05, 0) is 38.1 Å². The van der Waals surface area contributed by atoms with Crippen molar-refractivity contribution in [2.75, 3.05) is 12.3 Å². The molecule has 0 radical (unpaired) electrons. The van der Waals surface area contributed by atoms with Crippen molar-refractivity contribution in [1.82, 2.24) is 5.32 Å². The van der Waals surface area contributed by atoms with Crippen molar-refractivity contribution in [3.05, 3.63) is 28.2 Å². The lowest BCUT2D eigenvalue weighted by atomic mass is 9.98. The third-order valence-electron chi connectivity index (χ3n) is 2.86. The molecular weight excluding hydrogens is 303 g/mol. The number of nitrogens with one attached hydrogen (secondary N) is 1. The SMILES string of the molecule is CCNC(C)(CCSc1cc(Cl)ccc1Cl)C(N)=O. The van der Waals surface area contributed by atoms with Gasteiger partial charge in [-0.15, -0.1) is 11.8 Å². The van der Waals surface area contributed by atoms with E-state index in [-0.39, 0.29) is 5.91 Å². The van der Waals surface area contributed by atoms with E-state index in [9.17, 15) is 4.79 Å². The number of halogens is 2. The van der Waals surface area contributed by atoms with Gasteiger partial charge >= 0.3 is 0 Å². The smallest absolute Gasteiger partial charge is 0.237 e. The molecule has 0 fully saturated rings. The first kappa shape index (κ1) is 16.6. The summed E-state index contributed by atoms with van der Waals surface area (Å²) in [4.78, 5) is 12.4. The van der Waals surface area contributed by atoms with Crippen LogP contribution in [0.4, 0.5) is 0 Å². The molecule has 3 nitrogen and oxygen atoms in total. The van der Waals surface area contributed by atoms with E-state index in [0.29, 0.717) is 23.0 Å². The van der Waals surface area contributed by atoms with Gasteiger partial charge in [0.2, 0.25) is 5.91 Å². The van der Waals surface area contributed by atoms with Gasteiger partial charge in [-0.2, -0.15) is 0 Å². The quantitative estimate of drug-likeness (QED) is 0.758. The highest BCUT2D eigenvalue weighted by atomic mass is 35.5. The largest absolute Gasteiger partial charge is 0.368 e. The van der Waals surface area contributed by atoms with Crippen LogP contribution in [0.15, 0.2) is 23.1 Å². The number of carbonyl (C=O) groups is 1. The third kappa shape index (κ3) is 4.88. The molecule has 0 aliphatic rings. The Morgan fingerprint density at radius 3 is 2.74 bits per heavy atom. The van der Waals surface area contributed by atoms with Crippen LogP contribution >= 0.6 is 35.0 Å². The molecule has 0 saturated carbocycles. The highest BCUT2D eigenvalue weighted by Crippen LogP contribution is 2.31. The Hall–Kier alpha value is -0.420. The van der Waals surface area contributed by atoms with Crippen LogP contribution in [0.2, 0.25) is 10.0 Å². The monoisotopic (exact) mass is 320 g/mol. The molecule has 0 aliphatic carbocycles. The lowest BCUT2D eigenvalue weighted by molar-refractivity contribution is -0.123. The molecule has 106 valence electrons. The summed E-state index contributed by atoms with van der Waals surface area (Å²) in [7, 11) is 0. The fourth-order valence-corrected chi connectivity index (χ4v) is 3.31. The molecule has 1 rings (SSSR count). The Kier molecular flexibility index (Phi) is 6.47. The maximum atomic E-state index is 11.5. The van der Waals surface area contributed by atoms with Crippen molar-refractivity contribution >= 4 is 40.9 Å². The minimum Gasteiger partial charge on any atom is -0.368 e. The number of hydrogen-bond donors (Lipinski definition) is 2. The van der Waals surface area contributed by atoms with E-state index in [1.54, 1.807) is 23.9 Å². The van der Waals surface area contributed by atoms with Gasteiger partial charge in [0.25, 0.3) is 0 Å². The molecule has 0 aliphatic heterocycles.